The number of carbonyl (C=O) groups excluding carboxylic acids is 1. The molecule has 132 valence electrons. The molecule has 2 aliphatic heterocycles. The lowest BCUT2D eigenvalue weighted by Gasteiger charge is -2.43. The molecule has 1 N–H and O–H groups in total. The highest BCUT2D eigenvalue weighted by atomic mass is 32.2. The largest absolute Gasteiger partial charge is 0.365 e. The number of piperazine rings is 1. The van der Waals surface area contributed by atoms with E-state index in [9.17, 15) is 13.2 Å². The summed E-state index contributed by atoms with van der Waals surface area (Å²) in [6.07, 6.45) is 2.49. The number of rotatable bonds is 4. The topological polar surface area (TPSA) is 82.6 Å². The normalized spacial score (nSPS) is 29.5. The highest BCUT2D eigenvalue weighted by Gasteiger charge is 2.49. The minimum Gasteiger partial charge on any atom is -0.365 e. The van der Waals surface area contributed by atoms with E-state index in [-0.39, 0.29) is 29.5 Å². The van der Waals surface area contributed by atoms with E-state index >= 15 is 0 Å². The Morgan fingerprint density at radius 2 is 2.08 bits per heavy atom. The molecule has 4 rings (SSSR count). The second-order valence-corrected chi connectivity index (χ2v) is 9.95. The molecule has 3 heterocycles. The quantitative estimate of drug-likeness (QED) is 0.832. The number of nitrogens with zero attached hydrogens (tertiary/aromatic N) is 3. The number of thiazole rings is 1. The van der Waals surface area contributed by atoms with E-state index in [2.05, 4.69) is 15.2 Å². The van der Waals surface area contributed by atoms with Gasteiger partial charge in [0, 0.05) is 38.1 Å². The molecule has 0 aromatic carbocycles. The fraction of sp³-hybridized carbons (Fsp3) is 0.733. The van der Waals surface area contributed by atoms with Gasteiger partial charge in [0.05, 0.1) is 17.5 Å². The summed E-state index contributed by atoms with van der Waals surface area (Å²) < 4.78 is 24.4. The Labute approximate surface area is 146 Å². The van der Waals surface area contributed by atoms with Crippen LogP contribution < -0.4 is 5.32 Å². The SMILES string of the molecule is CNc1nc(C(=O)N2CCN(CC3CC3)[C@@H]3CS(=O)(=O)C[C@@H]32)cs1. The highest BCUT2D eigenvalue weighted by molar-refractivity contribution is 7.91. The van der Waals surface area contributed by atoms with Gasteiger partial charge in [0.1, 0.15) is 5.69 Å². The summed E-state index contributed by atoms with van der Waals surface area (Å²) in [5.41, 5.74) is 0.406. The number of fused-ring (bicyclic) bond motifs is 1. The van der Waals surface area contributed by atoms with Crippen molar-refractivity contribution in [3.63, 3.8) is 0 Å². The van der Waals surface area contributed by atoms with Gasteiger partial charge in [-0.3, -0.25) is 9.69 Å². The van der Waals surface area contributed by atoms with Crippen LogP contribution in [-0.4, -0.2) is 79.4 Å². The van der Waals surface area contributed by atoms with Gasteiger partial charge in [0.2, 0.25) is 0 Å². The van der Waals surface area contributed by atoms with Crippen LogP contribution in [0.5, 0.6) is 0 Å². The molecule has 2 saturated heterocycles. The first-order chi connectivity index (χ1) is 11.5. The lowest BCUT2D eigenvalue weighted by molar-refractivity contribution is 0.0314. The van der Waals surface area contributed by atoms with E-state index in [4.69, 9.17) is 0 Å². The van der Waals surface area contributed by atoms with Crippen LogP contribution in [0.15, 0.2) is 5.38 Å². The van der Waals surface area contributed by atoms with E-state index in [1.54, 1.807) is 17.3 Å². The number of hydrogen-bond donors (Lipinski definition) is 1. The Hall–Kier alpha value is -1.19. The van der Waals surface area contributed by atoms with Crippen molar-refractivity contribution in [1.82, 2.24) is 14.8 Å². The van der Waals surface area contributed by atoms with E-state index in [0.29, 0.717) is 23.3 Å². The third-order valence-corrected chi connectivity index (χ3v) is 7.74. The number of sulfone groups is 1. The zero-order chi connectivity index (χ0) is 16.9. The van der Waals surface area contributed by atoms with E-state index in [1.807, 2.05) is 0 Å². The van der Waals surface area contributed by atoms with Crippen LogP contribution in [0.3, 0.4) is 0 Å². The molecule has 0 bridgehead atoms. The monoisotopic (exact) mass is 370 g/mol. The molecule has 1 amide bonds. The van der Waals surface area contributed by atoms with Crippen molar-refractivity contribution in [2.45, 2.75) is 24.9 Å². The molecule has 7 nitrogen and oxygen atoms in total. The van der Waals surface area contributed by atoms with Crippen molar-refractivity contribution in [3.05, 3.63) is 11.1 Å². The van der Waals surface area contributed by atoms with E-state index in [1.165, 1.54) is 24.2 Å². The van der Waals surface area contributed by atoms with Gasteiger partial charge in [-0.05, 0) is 18.8 Å². The fourth-order valence-corrected chi connectivity index (χ4v) is 6.43. The van der Waals surface area contributed by atoms with Crippen LogP contribution in [-0.2, 0) is 9.84 Å². The number of aromatic nitrogens is 1. The molecule has 9 heteroatoms. The van der Waals surface area contributed by atoms with Gasteiger partial charge >= 0.3 is 0 Å². The summed E-state index contributed by atoms with van der Waals surface area (Å²) in [7, 11) is -1.32. The third-order valence-electron chi connectivity index (χ3n) is 5.18. The van der Waals surface area contributed by atoms with Crippen LogP contribution in [0.1, 0.15) is 23.3 Å². The van der Waals surface area contributed by atoms with Crippen LogP contribution in [0.4, 0.5) is 5.13 Å². The standard InChI is InChI=1S/C15H22N4O3S2/c1-16-15-17-11(7-23-15)14(20)19-5-4-18(6-10-2-3-10)12-8-24(21,22)9-13(12)19/h7,10,12-13H,2-6,8-9H2,1H3,(H,16,17)/t12-,13+/m1/s1. The van der Waals surface area contributed by atoms with Crippen molar-refractivity contribution in [2.75, 3.05) is 43.5 Å². The van der Waals surface area contributed by atoms with Crippen molar-refractivity contribution in [3.8, 4) is 0 Å². The summed E-state index contributed by atoms with van der Waals surface area (Å²) in [4.78, 5) is 21.2. The van der Waals surface area contributed by atoms with Crippen molar-refractivity contribution >= 4 is 32.2 Å². The number of hydrogen-bond acceptors (Lipinski definition) is 7. The van der Waals surface area contributed by atoms with Gasteiger partial charge in [-0.15, -0.1) is 11.3 Å². The van der Waals surface area contributed by atoms with Crippen molar-refractivity contribution in [1.29, 1.82) is 0 Å². The molecular formula is C15H22N4O3S2. The summed E-state index contributed by atoms with van der Waals surface area (Å²) in [6, 6.07) is -0.301. The van der Waals surface area contributed by atoms with Crippen LogP contribution in [0.2, 0.25) is 0 Å². The Balaban J connectivity index is 1.56. The smallest absolute Gasteiger partial charge is 0.273 e. The summed E-state index contributed by atoms with van der Waals surface area (Å²) in [5.74, 6) is 0.819. The molecule has 0 unspecified atom stereocenters. The summed E-state index contributed by atoms with van der Waals surface area (Å²) in [5, 5.41) is 5.37. The Morgan fingerprint density at radius 3 is 2.75 bits per heavy atom. The molecule has 24 heavy (non-hydrogen) atoms. The molecule has 2 atom stereocenters. The van der Waals surface area contributed by atoms with Gasteiger partial charge in [-0.1, -0.05) is 0 Å². The van der Waals surface area contributed by atoms with Gasteiger partial charge in [0.25, 0.3) is 5.91 Å². The molecule has 0 spiro atoms. The summed E-state index contributed by atoms with van der Waals surface area (Å²) >= 11 is 1.39. The second-order valence-electron chi connectivity index (χ2n) is 6.94. The van der Waals surface area contributed by atoms with Gasteiger partial charge < -0.3 is 10.2 Å². The average Bonchev–Trinajstić information content (AvgIpc) is 3.10. The van der Waals surface area contributed by atoms with Crippen LogP contribution in [0, 0.1) is 5.92 Å². The molecule has 1 aromatic heterocycles. The number of carbonyl (C=O) groups is 1. The molecule has 0 radical (unpaired) electrons. The first kappa shape index (κ1) is 16.3. The van der Waals surface area contributed by atoms with Crippen molar-refractivity contribution < 1.29 is 13.2 Å². The third kappa shape index (κ3) is 3.04. The lowest BCUT2D eigenvalue weighted by Crippen LogP contribution is -2.60. The molecule has 3 fully saturated rings. The molecule has 1 saturated carbocycles. The Bertz CT molecular complexity index is 744. The van der Waals surface area contributed by atoms with Gasteiger partial charge in [-0.2, -0.15) is 0 Å². The maximum absolute atomic E-state index is 12.9. The zero-order valence-corrected chi connectivity index (χ0v) is 15.3. The van der Waals surface area contributed by atoms with E-state index < -0.39 is 9.84 Å². The molecule has 3 aliphatic rings. The Morgan fingerprint density at radius 1 is 1.33 bits per heavy atom. The highest BCUT2D eigenvalue weighted by Crippen LogP contribution is 2.34. The minimum atomic E-state index is -3.09. The average molecular weight is 371 g/mol. The second kappa shape index (κ2) is 5.96. The molecule has 1 aromatic rings. The molecule has 1 aliphatic carbocycles. The minimum absolute atomic E-state index is 0.0595. The Kier molecular flexibility index (Phi) is 4.04. The van der Waals surface area contributed by atoms with Crippen LogP contribution >= 0.6 is 11.3 Å². The van der Waals surface area contributed by atoms with Crippen LogP contribution in [0.25, 0.3) is 0 Å². The number of amides is 1. The number of anilines is 1. The summed E-state index contributed by atoms with van der Waals surface area (Å²) in [6.45, 7) is 2.30. The van der Waals surface area contributed by atoms with Gasteiger partial charge in [0.15, 0.2) is 15.0 Å². The van der Waals surface area contributed by atoms with Gasteiger partial charge in [-0.25, -0.2) is 13.4 Å². The fourth-order valence-electron chi connectivity index (χ4n) is 3.77. The maximum Gasteiger partial charge on any atom is 0.273 e. The first-order valence-electron chi connectivity index (χ1n) is 8.35. The maximum atomic E-state index is 12.9. The lowest BCUT2D eigenvalue weighted by atomic mass is 10.0. The number of nitrogens with one attached hydrogen (secondary N) is 1. The van der Waals surface area contributed by atoms with Crippen molar-refractivity contribution in [2.24, 2.45) is 5.92 Å². The predicted molar refractivity (Wildman–Crippen MR) is 93.2 cm³/mol. The van der Waals surface area contributed by atoms with E-state index in [0.717, 1.165) is 13.1 Å². The first-order valence-corrected chi connectivity index (χ1v) is 11.1. The zero-order valence-electron chi connectivity index (χ0n) is 13.6. The predicted octanol–water partition coefficient (Wildman–Crippen LogP) is 0.518. The molecular weight excluding hydrogens is 348 g/mol.